The van der Waals surface area contributed by atoms with Crippen molar-refractivity contribution in [3.63, 3.8) is 0 Å². The molecule has 2 unspecified atom stereocenters. The lowest BCUT2D eigenvalue weighted by Crippen LogP contribution is -2.48. The summed E-state index contributed by atoms with van der Waals surface area (Å²) in [5, 5.41) is 7.86. The summed E-state index contributed by atoms with van der Waals surface area (Å²) in [5.74, 6) is -0.386. The third-order valence-corrected chi connectivity index (χ3v) is 5.11. The summed E-state index contributed by atoms with van der Waals surface area (Å²) in [6.07, 6.45) is 2.04. The number of carbonyl (C=O) groups is 3. The smallest absolute Gasteiger partial charge is 0.251 e. The van der Waals surface area contributed by atoms with E-state index < -0.39 is 5.91 Å². The number of carbonyl (C=O) groups excluding carboxylic acids is 3. The second-order valence-electron chi connectivity index (χ2n) is 6.13. The van der Waals surface area contributed by atoms with Crippen LogP contribution in [0.25, 0.3) is 0 Å². The molecule has 0 aliphatic carbocycles. The Hall–Kier alpha value is -1.93. The van der Waals surface area contributed by atoms with E-state index in [1.807, 2.05) is 6.92 Å². The van der Waals surface area contributed by atoms with E-state index in [-0.39, 0.29) is 17.9 Å². The summed E-state index contributed by atoms with van der Waals surface area (Å²) >= 11 is 1.28. The van der Waals surface area contributed by atoms with Gasteiger partial charge in [-0.15, -0.1) is 11.3 Å². The van der Waals surface area contributed by atoms with E-state index in [2.05, 4.69) is 15.5 Å². The Kier molecular flexibility index (Phi) is 6.33. The average molecular weight is 352 g/mol. The van der Waals surface area contributed by atoms with Gasteiger partial charge >= 0.3 is 0 Å². The van der Waals surface area contributed by atoms with Crippen LogP contribution >= 0.6 is 11.3 Å². The summed E-state index contributed by atoms with van der Waals surface area (Å²) in [6.45, 7) is 5.61. The number of amides is 3. The summed E-state index contributed by atoms with van der Waals surface area (Å²) in [6, 6.07) is 1.30. The summed E-state index contributed by atoms with van der Waals surface area (Å²) in [4.78, 5) is 37.0. The van der Waals surface area contributed by atoms with Crippen LogP contribution < -0.4 is 16.4 Å². The van der Waals surface area contributed by atoms with Gasteiger partial charge in [0.15, 0.2) is 0 Å². The molecular formula is C16H24N4O3S. The van der Waals surface area contributed by atoms with E-state index in [0.717, 1.165) is 25.9 Å². The molecule has 2 rings (SSSR count). The van der Waals surface area contributed by atoms with Crippen molar-refractivity contribution in [2.75, 3.05) is 25.0 Å². The van der Waals surface area contributed by atoms with Crippen molar-refractivity contribution in [2.45, 2.75) is 32.7 Å². The largest absolute Gasteiger partial charge is 0.366 e. The highest BCUT2D eigenvalue weighted by Crippen LogP contribution is 2.24. The van der Waals surface area contributed by atoms with Crippen molar-refractivity contribution in [3.05, 3.63) is 17.0 Å². The van der Waals surface area contributed by atoms with E-state index in [0.29, 0.717) is 23.0 Å². The standard InChI is InChI=1S/C16H24N4O3S/c1-10(15(23)19-16-13(14(17)22)5-7-24-16)20-6-3-4-12(9-20)8-18-11(2)21/h5,7,10,12H,3-4,6,8-9H2,1-2H3,(H2,17,22)(H,18,21)(H,19,23). The lowest BCUT2D eigenvalue weighted by atomic mass is 9.96. The van der Waals surface area contributed by atoms with Gasteiger partial charge in [0.25, 0.3) is 5.91 Å². The number of anilines is 1. The molecule has 1 aromatic heterocycles. The lowest BCUT2D eigenvalue weighted by Gasteiger charge is -2.36. The maximum atomic E-state index is 12.5. The van der Waals surface area contributed by atoms with Gasteiger partial charge < -0.3 is 16.4 Å². The molecule has 24 heavy (non-hydrogen) atoms. The zero-order valence-corrected chi connectivity index (χ0v) is 14.8. The van der Waals surface area contributed by atoms with E-state index >= 15 is 0 Å². The number of nitrogens with two attached hydrogens (primary N) is 1. The lowest BCUT2D eigenvalue weighted by molar-refractivity contribution is -0.122. The van der Waals surface area contributed by atoms with Gasteiger partial charge in [0.2, 0.25) is 11.8 Å². The molecule has 0 saturated carbocycles. The van der Waals surface area contributed by atoms with E-state index in [9.17, 15) is 14.4 Å². The normalized spacial score (nSPS) is 19.5. The maximum Gasteiger partial charge on any atom is 0.251 e. The van der Waals surface area contributed by atoms with Crippen LogP contribution in [-0.4, -0.2) is 48.3 Å². The number of nitrogens with zero attached hydrogens (tertiary/aromatic N) is 1. The third-order valence-electron chi connectivity index (χ3n) is 4.28. The van der Waals surface area contributed by atoms with Crippen LogP contribution in [0.1, 0.15) is 37.0 Å². The highest BCUT2D eigenvalue weighted by molar-refractivity contribution is 7.14. The van der Waals surface area contributed by atoms with E-state index in [1.165, 1.54) is 18.3 Å². The Morgan fingerprint density at radius 2 is 2.21 bits per heavy atom. The van der Waals surface area contributed by atoms with Crippen molar-refractivity contribution in [1.29, 1.82) is 0 Å². The van der Waals surface area contributed by atoms with Gasteiger partial charge in [0.1, 0.15) is 5.00 Å². The predicted molar refractivity (Wildman–Crippen MR) is 93.9 cm³/mol. The minimum absolute atomic E-state index is 0.0328. The van der Waals surface area contributed by atoms with Crippen LogP contribution in [0, 0.1) is 5.92 Å². The highest BCUT2D eigenvalue weighted by atomic mass is 32.1. The van der Waals surface area contributed by atoms with Gasteiger partial charge in [-0.05, 0) is 43.7 Å². The molecule has 0 aromatic carbocycles. The molecule has 3 amide bonds. The number of primary amides is 1. The van der Waals surface area contributed by atoms with E-state index in [4.69, 9.17) is 5.73 Å². The zero-order valence-electron chi connectivity index (χ0n) is 14.0. The molecule has 4 N–H and O–H groups in total. The molecule has 2 atom stereocenters. The quantitative estimate of drug-likeness (QED) is 0.711. The van der Waals surface area contributed by atoms with Gasteiger partial charge in [0, 0.05) is 20.0 Å². The predicted octanol–water partition coefficient (Wildman–Crippen LogP) is 1.02. The van der Waals surface area contributed by atoms with Crippen molar-refractivity contribution < 1.29 is 14.4 Å². The van der Waals surface area contributed by atoms with Crippen LogP contribution in [0.3, 0.4) is 0 Å². The fraction of sp³-hybridized carbons (Fsp3) is 0.562. The molecule has 0 bridgehead atoms. The number of likely N-dealkylation sites (tertiary alicyclic amines) is 1. The van der Waals surface area contributed by atoms with Gasteiger partial charge in [0.05, 0.1) is 11.6 Å². The SMILES string of the molecule is CC(=O)NCC1CCCN(C(C)C(=O)Nc2sccc2C(N)=O)C1. The second kappa shape index (κ2) is 8.25. The number of nitrogens with one attached hydrogen (secondary N) is 2. The average Bonchev–Trinajstić information content (AvgIpc) is 3.00. The summed E-state index contributed by atoms with van der Waals surface area (Å²) in [5.41, 5.74) is 5.64. The second-order valence-corrected chi connectivity index (χ2v) is 7.05. The van der Waals surface area contributed by atoms with Crippen LogP contribution in [0.15, 0.2) is 11.4 Å². The molecule has 7 nitrogen and oxygen atoms in total. The molecule has 0 radical (unpaired) electrons. The number of rotatable bonds is 6. The van der Waals surface area contributed by atoms with Crippen molar-refractivity contribution >= 4 is 34.1 Å². The molecule has 0 spiro atoms. The Labute approximate surface area is 145 Å². The van der Waals surface area contributed by atoms with Crippen molar-refractivity contribution in [3.8, 4) is 0 Å². The summed E-state index contributed by atoms with van der Waals surface area (Å²) in [7, 11) is 0. The Bertz CT molecular complexity index is 616. The first-order chi connectivity index (χ1) is 11.4. The first-order valence-electron chi connectivity index (χ1n) is 8.05. The monoisotopic (exact) mass is 352 g/mol. The molecule has 1 aliphatic heterocycles. The van der Waals surface area contributed by atoms with Gasteiger partial charge in [-0.3, -0.25) is 19.3 Å². The number of thiophene rings is 1. The Morgan fingerprint density at radius 1 is 1.46 bits per heavy atom. The third kappa shape index (κ3) is 4.78. The van der Waals surface area contributed by atoms with Crippen LogP contribution in [0.2, 0.25) is 0 Å². The molecular weight excluding hydrogens is 328 g/mol. The Morgan fingerprint density at radius 3 is 2.88 bits per heavy atom. The minimum Gasteiger partial charge on any atom is -0.366 e. The fourth-order valence-corrected chi connectivity index (χ4v) is 3.68. The summed E-state index contributed by atoms with van der Waals surface area (Å²) < 4.78 is 0. The number of hydrogen-bond acceptors (Lipinski definition) is 5. The zero-order chi connectivity index (χ0) is 17.7. The number of hydrogen-bond donors (Lipinski definition) is 3. The van der Waals surface area contributed by atoms with E-state index in [1.54, 1.807) is 11.4 Å². The molecule has 1 aromatic rings. The van der Waals surface area contributed by atoms with Gasteiger partial charge in [-0.2, -0.15) is 0 Å². The molecule has 1 fully saturated rings. The Balaban J connectivity index is 1.93. The molecule has 8 heteroatoms. The number of piperidine rings is 1. The highest BCUT2D eigenvalue weighted by Gasteiger charge is 2.28. The topological polar surface area (TPSA) is 105 Å². The minimum atomic E-state index is -0.549. The van der Waals surface area contributed by atoms with Gasteiger partial charge in [-0.25, -0.2) is 0 Å². The first kappa shape index (κ1) is 18.4. The molecule has 132 valence electrons. The fourth-order valence-electron chi connectivity index (χ4n) is 2.89. The van der Waals surface area contributed by atoms with Crippen LogP contribution in [0.4, 0.5) is 5.00 Å². The molecule has 1 saturated heterocycles. The van der Waals surface area contributed by atoms with Crippen molar-refractivity contribution in [1.82, 2.24) is 10.2 Å². The van der Waals surface area contributed by atoms with Crippen molar-refractivity contribution in [2.24, 2.45) is 11.7 Å². The molecule has 2 heterocycles. The first-order valence-corrected chi connectivity index (χ1v) is 8.93. The van der Waals surface area contributed by atoms with Crippen LogP contribution in [0.5, 0.6) is 0 Å². The van der Waals surface area contributed by atoms with Crippen LogP contribution in [-0.2, 0) is 9.59 Å². The van der Waals surface area contributed by atoms with Gasteiger partial charge in [-0.1, -0.05) is 0 Å². The maximum absolute atomic E-state index is 12.5. The molecule has 1 aliphatic rings.